The van der Waals surface area contributed by atoms with Crippen LogP contribution in [0.1, 0.15) is 63.2 Å². The Hall–Kier alpha value is -2.21. The average molecular weight is 341 g/mol. The Balaban J connectivity index is 1.59. The molecule has 0 radical (unpaired) electrons. The Morgan fingerprint density at radius 2 is 1.64 bits per heavy atom. The van der Waals surface area contributed by atoms with Gasteiger partial charge in [0.2, 0.25) is 0 Å². The van der Waals surface area contributed by atoms with Gasteiger partial charge in [0.15, 0.2) is 0 Å². The van der Waals surface area contributed by atoms with Crippen LogP contribution in [0.5, 0.6) is 0 Å². The minimum absolute atomic E-state index is 0.00784. The molecule has 0 bridgehead atoms. The predicted octanol–water partition coefficient (Wildman–Crippen LogP) is 1.66. The molecule has 1 aliphatic carbocycles. The van der Waals surface area contributed by atoms with E-state index in [1.165, 1.54) is 11.3 Å². The fourth-order valence-corrected chi connectivity index (χ4v) is 4.11. The van der Waals surface area contributed by atoms with E-state index < -0.39 is 0 Å². The Kier molecular flexibility index (Phi) is 4.29. The number of hydrogen-bond acceptors (Lipinski definition) is 4. The lowest BCUT2D eigenvalue weighted by Gasteiger charge is -2.29. The van der Waals surface area contributed by atoms with Crippen LogP contribution in [0.15, 0.2) is 18.2 Å². The Bertz CT molecular complexity index is 719. The first-order valence-corrected chi connectivity index (χ1v) is 9.19. The van der Waals surface area contributed by atoms with E-state index in [4.69, 9.17) is 0 Å². The normalized spacial score (nSPS) is 21.6. The van der Waals surface area contributed by atoms with Crippen LogP contribution in [0.25, 0.3) is 0 Å². The molecule has 6 nitrogen and oxygen atoms in total. The third-order valence-electron chi connectivity index (χ3n) is 5.51. The zero-order valence-corrected chi connectivity index (χ0v) is 14.3. The molecule has 2 heterocycles. The number of carbonyl (C=O) groups is 3. The second kappa shape index (κ2) is 6.59. The highest BCUT2D eigenvalue weighted by molar-refractivity contribution is 6.22. The fraction of sp³-hybridized carbons (Fsp3) is 0.526. The SMILES string of the molecule is O=C(c1ccc2c(c1)C(=O)N(C1CCCCC1)C2=O)N1CCNCC1. The molecular weight excluding hydrogens is 318 g/mol. The van der Waals surface area contributed by atoms with Crippen molar-refractivity contribution in [2.24, 2.45) is 0 Å². The van der Waals surface area contributed by atoms with Gasteiger partial charge in [-0.05, 0) is 31.0 Å². The average Bonchev–Trinajstić information content (AvgIpc) is 2.92. The van der Waals surface area contributed by atoms with E-state index in [2.05, 4.69) is 5.32 Å². The molecule has 1 aromatic carbocycles. The summed E-state index contributed by atoms with van der Waals surface area (Å²) < 4.78 is 0. The van der Waals surface area contributed by atoms with Crippen LogP contribution in [-0.2, 0) is 0 Å². The van der Waals surface area contributed by atoms with Crippen molar-refractivity contribution in [1.29, 1.82) is 0 Å². The molecule has 6 heteroatoms. The number of amides is 3. The molecule has 132 valence electrons. The summed E-state index contributed by atoms with van der Waals surface area (Å²) in [6.07, 6.45) is 5.06. The van der Waals surface area contributed by atoms with Gasteiger partial charge in [-0.1, -0.05) is 19.3 Å². The minimum atomic E-state index is -0.234. The molecule has 1 N–H and O–H groups in total. The second-order valence-corrected chi connectivity index (χ2v) is 7.07. The van der Waals surface area contributed by atoms with Crippen molar-refractivity contribution < 1.29 is 14.4 Å². The van der Waals surface area contributed by atoms with Gasteiger partial charge in [-0.15, -0.1) is 0 Å². The van der Waals surface area contributed by atoms with E-state index in [1.54, 1.807) is 23.1 Å². The third kappa shape index (κ3) is 2.84. The molecule has 1 saturated heterocycles. The molecule has 2 fully saturated rings. The predicted molar refractivity (Wildman–Crippen MR) is 92.6 cm³/mol. The van der Waals surface area contributed by atoms with Crippen molar-refractivity contribution >= 4 is 17.7 Å². The maximum absolute atomic E-state index is 12.8. The maximum Gasteiger partial charge on any atom is 0.261 e. The first kappa shape index (κ1) is 16.3. The van der Waals surface area contributed by atoms with E-state index >= 15 is 0 Å². The Labute approximate surface area is 147 Å². The number of rotatable bonds is 2. The van der Waals surface area contributed by atoms with Gasteiger partial charge >= 0.3 is 0 Å². The van der Waals surface area contributed by atoms with Gasteiger partial charge in [-0.25, -0.2) is 0 Å². The van der Waals surface area contributed by atoms with E-state index in [0.717, 1.165) is 38.8 Å². The third-order valence-corrected chi connectivity index (χ3v) is 5.51. The molecule has 3 amide bonds. The van der Waals surface area contributed by atoms with Gasteiger partial charge in [0, 0.05) is 37.8 Å². The summed E-state index contributed by atoms with van der Waals surface area (Å²) in [6.45, 7) is 2.89. The molecule has 0 atom stereocenters. The van der Waals surface area contributed by atoms with Crippen LogP contribution < -0.4 is 5.32 Å². The molecule has 25 heavy (non-hydrogen) atoms. The van der Waals surface area contributed by atoms with Crippen molar-refractivity contribution in [3.05, 3.63) is 34.9 Å². The summed E-state index contributed by atoms with van der Waals surface area (Å²) in [5, 5.41) is 3.22. The lowest BCUT2D eigenvalue weighted by molar-refractivity contribution is 0.0548. The molecule has 0 aromatic heterocycles. The number of fused-ring (bicyclic) bond motifs is 1. The lowest BCUT2D eigenvalue weighted by Crippen LogP contribution is -2.46. The zero-order chi connectivity index (χ0) is 17.4. The first-order chi connectivity index (χ1) is 12.2. The summed E-state index contributed by atoms with van der Waals surface area (Å²) in [5.41, 5.74) is 1.32. The number of nitrogens with one attached hydrogen (secondary N) is 1. The van der Waals surface area contributed by atoms with Crippen LogP contribution in [0.4, 0.5) is 0 Å². The lowest BCUT2D eigenvalue weighted by atomic mass is 9.94. The number of carbonyl (C=O) groups excluding carboxylic acids is 3. The highest BCUT2D eigenvalue weighted by atomic mass is 16.2. The quantitative estimate of drug-likeness (QED) is 0.831. The molecule has 0 spiro atoms. The van der Waals surface area contributed by atoms with Gasteiger partial charge in [0.05, 0.1) is 11.1 Å². The zero-order valence-electron chi connectivity index (χ0n) is 14.3. The number of hydrogen-bond donors (Lipinski definition) is 1. The van der Waals surface area contributed by atoms with Crippen LogP contribution in [0, 0.1) is 0 Å². The number of piperazine rings is 1. The number of nitrogens with zero attached hydrogens (tertiary/aromatic N) is 2. The number of imide groups is 1. The van der Waals surface area contributed by atoms with Crippen molar-refractivity contribution in [1.82, 2.24) is 15.1 Å². The fourth-order valence-electron chi connectivity index (χ4n) is 4.11. The van der Waals surface area contributed by atoms with Crippen LogP contribution in [0.2, 0.25) is 0 Å². The van der Waals surface area contributed by atoms with Gasteiger partial charge < -0.3 is 10.2 Å². The molecule has 0 unspecified atom stereocenters. The molecule has 3 aliphatic rings. The van der Waals surface area contributed by atoms with Gasteiger partial charge in [0.1, 0.15) is 0 Å². The van der Waals surface area contributed by atoms with E-state index in [0.29, 0.717) is 29.8 Å². The van der Waals surface area contributed by atoms with Gasteiger partial charge in [-0.3, -0.25) is 19.3 Å². The van der Waals surface area contributed by atoms with Gasteiger partial charge in [0.25, 0.3) is 17.7 Å². The van der Waals surface area contributed by atoms with Crippen molar-refractivity contribution in [3.63, 3.8) is 0 Å². The largest absolute Gasteiger partial charge is 0.336 e. The van der Waals surface area contributed by atoms with Crippen LogP contribution in [-0.4, -0.2) is 59.7 Å². The number of benzene rings is 1. The standard InChI is InChI=1S/C19H23N3O3/c23-17(21-10-8-20-9-11-21)13-6-7-15-16(12-13)19(25)22(18(15)24)14-4-2-1-3-5-14/h6-7,12,14,20H,1-5,8-11H2. The molecule has 1 saturated carbocycles. The molecular formula is C19H23N3O3. The maximum atomic E-state index is 12.8. The smallest absolute Gasteiger partial charge is 0.261 e. The van der Waals surface area contributed by atoms with Crippen molar-refractivity contribution in [2.45, 2.75) is 38.1 Å². The Morgan fingerprint density at radius 3 is 2.36 bits per heavy atom. The Morgan fingerprint density at radius 1 is 0.960 bits per heavy atom. The van der Waals surface area contributed by atoms with Crippen LogP contribution >= 0.6 is 0 Å². The highest BCUT2D eigenvalue weighted by Gasteiger charge is 2.40. The van der Waals surface area contributed by atoms with Crippen molar-refractivity contribution in [2.75, 3.05) is 26.2 Å². The van der Waals surface area contributed by atoms with E-state index in [1.807, 2.05) is 0 Å². The van der Waals surface area contributed by atoms with Crippen molar-refractivity contribution in [3.8, 4) is 0 Å². The monoisotopic (exact) mass is 341 g/mol. The molecule has 1 aromatic rings. The highest BCUT2D eigenvalue weighted by Crippen LogP contribution is 2.31. The minimum Gasteiger partial charge on any atom is -0.336 e. The topological polar surface area (TPSA) is 69.7 Å². The van der Waals surface area contributed by atoms with Crippen LogP contribution in [0.3, 0.4) is 0 Å². The first-order valence-electron chi connectivity index (χ1n) is 9.19. The summed E-state index contributed by atoms with van der Waals surface area (Å²) >= 11 is 0. The molecule has 2 aliphatic heterocycles. The summed E-state index contributed by atoms with van der Waals surface area (Å²) in [7, 11) is 0. The van der Waals surface area contributed by atoms with Gasteiger partial charge in [-0.2, -0.15) is 0 Å². The van der Waals surface area contributed by atoms with E-state index in [-0.39, 0.29) is 23.8 Å². The summed E-state index contributed by atoms with van der Waals surface area (Å²) in [5.74, 6) is -0.504. The summed E-state index contributed by atoms with van der Waals surface area (Å²) in [4.78, 5) is 41.4. The summed E-state index contributed by atoms with van der Waals surface area (Å²) in [6, 6.07) is 4.95. The van der Waals surface area contributed by atoms with E-state index in [9.17, 15) is 14.4 Å². The molecule has 4 rings (SSSR count). The second-order valence-electron chi connectivity index (χ2n) is 7.07.